The fourth-order valence-corrected chi connectivity index (χ4v) is 7.94. The summed E-state index contributed by atoms with van der Waals surface area (Å²) < 4.78 is 17.2. The topological polar surface area (TPSA) is 114 Å². The molecule has 61 heavy (non-hydrogen) atoms. The number of rotatable bonds is 46. The van der Waals surface area contributed by atoms with Gasteiger partial charge in [0.15, 0.2) is 0 Å². The van der Waals surface area contributed by atoms with Crippen molar-refractivity contribution in [3.63, 3.8) is 0 Å². The highest BCUT2D eigenvalue weighted by Gasteiger charge is 2.25. The number of carbonyl (C=O) groups excluding carboxylic acids is 2. The van der Waals surface area contributed by atoms with Crippen LogP contribution in [-0.4, -0.2) is 83.0 Å². The molecule has 0 amide bonds. The van der Waals surface area contributed by atoms with Crippen LogP contribution < -0.4 is 21.1 Å². The number of anilines is 2. The second-order valence-corrected chi connectivity index (χ2v) is 18.0. The van der Waals surface area contributed by atoms with E-state index in [1.165, 1.54) is 89.9 Å². The van der Waals surface area contributed by atoms with Crippen LogP contribution in [0, 0.1) is 0 Å². The summed E-state index contributed by atoms with van der Waals surface area (Å²) in [5.74, 6) is -0.131. The van der Waals surface area contributed by atoms with Gasteiger partial charge in [-0.15, -0.1) is 0 Å². The summed E-state index contributed by atoms with van der Waals surface area (Å²) in [6.07, 6.45) is 34.6. The van der Waals surface area contributed by atoms with E-state index < -0.39 is 10.9 Å². The molecule has 0 heterocycles. The van der Waals surface area contributed by atoms with E-state index in [1.807, 2.05) is 14.1 Å². The lowest BCUT2D eigenvalue weighted by Gasteiger charge is -2.28. The lowest BCUT2D eigenvalue weighted by Crippen LogP contribution is -2.43. The lowest BCUT2D eigenvalue weighted by molar-refractivity contribution is -0.150. The highest BCUT2D eigenvalue weighted by atomic mass is 16.5. The average molecular weight is 862 g/mol. The molecule has 1 rings (SSSR count). The van der Waals surface area contributed by atoms with Gasteiger partial charge in [0.05, 0.1) is 19.8 Å². The van der Waals surface area contributed by atoms with E-state index in [4.69, 9.17) is 14.2 Å². The van der Waals surface area contributed by atoms with Crippen LogP contribution in [0.4, 0.5) is 11.4 Å². The zero-order chi connectivity index (χ0) is 44.6. The first-order valence-corrected chi connectivity index (χ1v) is 25.6. The Morgan fingerprint density at radius 3 is 1.49 bits per heavy atom. The highest BCUT2D eigenvalue weighted by Crippen LogP contribution is 2.23. The maximum Gasteiger partial charge on any atom is 0.306 e. The SMILES string of the molecule is CCCCCCCCOC(=O)CCCCCCCN(CCCCCCCC(=O)OC(CCCCCCCC)CCCCCCCC)c1c(NCCOCCN(C)C)c(=O)c1=O. The Kier molecular flexibility index (Phi) is 37.4. The number of carbonyl (C=O) groups is 2. The maximum atomic E-state index is 12.9. The van der Waals surface area contributed by atoms with E-state index in [1.54, 1.807) is 0 Å². The fraction of sp³-hybridized carbons (Fsp3) is 0.882. The van der Waals surface area contributed by atoms with E-state index in [-0.39, 0.29) is 18.0 Å². The Morgan fingerprint density at radius 2 is 0.967 bits per heavy atom. The standard InChI is InChI=1S/C51H95N3O7/c1-6-9-12-15-20-27-34-45(35-28-21-16-13-10-7-2)61-47(56)37-30-23-19-25-32-40-54(49-48(50(57)51(49)58)52-38-43-59-44-41-53(4)5)39-31-24-18-22-29-36-46(55)60-42-33-26-17-14-11-8-3/h45,52H,6-44H2,1-5H3. The molecule has 1 N–H and O–H groups in total. The third kappa shape index (κ3) is 31.1. The largest absolute Gasteiger partial charge is 0.466 e. The molecule has 1 aromatic rings. The Hall–Kier alpha value is -2.46. The van der Waals surface area contributed by atoms with Gasteiger partial charge in [0.2, 0.25) is 0 Å². The molecule has 0 radical (unpaired) electrons. The first kappa shape index (κ1) is 56.6. The number of esters is 2. The fourth-order valence-electron chi connectivity index (χ4n) is 7.94. The minimum atomic E-state index is -0.440. The van der Waals surface area contributed by atoms with Gasteiger partial charge < -0.3 is 29.3 Å². The third-order valence-corrected chi connectivity index (χ3v) is 11.9. The molecule has 0 aliphatic rings. The summed E-state index contributed by atoms with van der Waals surface area (Å²) in [5, 5.41) is 3.20. The van der Waals surface area contributed by atoms with Gasteiger partial charge in [-0.2, -0.15) is 0 Å². The van der Waals surface area contributed by atoms with Crippen LogP contribution in [0.2, 0.25) is 0 Å². The first-order valence-electron chi connectivity index (χ1n) is 25.6. The van der Waals surface area contributed by atoms with E-state index in [0.717, 1.165) is 109 Å². The van der Waals surface area contributed by atoms with Crippen molar-refractivity contribution in [3.8, 4) is 0 Å². The zero-order valence-corrected chi connectivity index (χ0v) is 40.4. The lowest BCUT2D eigenvalue weighted by atomic mass is 10.0. The van der Waals surface area contributed by atoms with Gasteiger partial charge in [-0.05, 0) is 71.9 Å². The van der Waals surface area contributed by atoms with Crippen molar-refractivity contribution >= 4 is 23.3 Å². The molecule has 0 aromatic heterocycles. The van der Waals surface area contributed by atoms with Crippen LogP contribution in [0.3, 0.4) is 0 Å². The zero-order valence-electron chi connectivity index (χ0n) is 40.4. The molecule has 10 nitrogen and oxygen atoms in total. The van der Waals surface area contributed by atoms with Gasteiger partial charge in [-0.3, -0.25) is 19.2 Å². The first-order chi connectivity index (χ1) is 29.7. The van der Waals surface area contributed by atoms with Gasteiger partial charge in [0.1, 0.15) is 17.5 Å². The molecule has 10 heteroatoms. The minimum absolute atomic E-state index is 0.0419. The molecule has 356 valence electrons. The number of hydrogen-bond acceptors (Lipinski definition) is 10. The number of nitrogens with one attached hydrogen (secondary N) is 1. The average Bonchev–Trinajstić information content (AvgIpc) is 3.24. The molecule has 0 saturated carbocycles. The summed E-state index contributed by atoms with van der Waals surface area (Å²) in [4.78, 5) is 54.9. The predicted molar refractivity (Wildman–Crippen MR) is 257 cm³/mol. The van der Waals surface area contributed by atoms with Crippen molar-refractivity contribution in [1.29, 1.82) is 0 Å². The minimum Gasteiger partial charge on any atom is -0.466 e. The van der Waals surface area contributed by atoms with Crippen molar-refractivity contribution in [2.24, 2.45) is 0 Å². The maximum absolute atomic E-state index is 12.9. The Morgan fingerprint density at radius 1 is 0.508 bits per heavy atom. The molecule has 0 fully saturated rings. The van der Waals surface area contributed by atoms with E-state index in [0.29, 0.717) is 63.7 Å². The summed E-state index contributed by atoms with van der Waals surface area (Å²) in [7, 11) is 4.00. The van der Waals surface area contributed by atoms with Gasteiger partial charge in [0.25, 0.3) is 10.9 Å². The number of nitrogens with zero attached hydrogens (tertiary/aromatic N) is 2. The molecule has 0 saturated heterocycles. The van der Waals surface area contributed by atoms with Crippen LogP contribution >= 0.6 is 0 Å². The van der Waals surface area contributed by atoms with Crippen molar-refractivity contribution in [1.82, 2.24) is 4.90 Å². The van der Waals surface area contributed by atoms with Crippen LogP contribution in [-0.2, 0) is 23.8 Å². The van der Waals surface area contributed by atoms with Gasteiger partial charge >= 0.3 is 11.9 Å². The van der Waals surface area contributed by atoms with Crippen molar-refractivity contribution in [2.45, 2.75) is 232 Å². The normalized spacial score (nSPS) is 11.6. The van der Waals surface area contributed by atoms with Crippen LogP contribution in [0.1, 0.15) is 226 Å². The molecule has 1 aromatic carbocycles. The predicted octanol–water partition coefficient (Wildman–Crippen LogP) is 12.1. The molecular weight excluding hydrogens is 767 g/mol. The second-order valence-electron chi connectivity index (χ2n) is 18.0. The van der Waals surface area contributed by atoms with Gasteiger partial charge in [-0.25, -0.2) is 0 Å². The molecule has 0 atom stereocenters. The number of likely N-dealkylation sites (N-methyl/N-ethyl adjacent to an activating group) is 1. The monoisotopic (exact) mass is 862 g/mol. The van der Waals surface area contributed by atoms with E-state index >= 15 is 0 Å². The van der Waals surface area contributed by atoms with Crippen LogP contribution in [0.5, 0.6) is 0 Å². The van der Waals surface area contributed by atoms with Gasteiger partial charge in [-0.1, -0.05) is 156 Å². The van der Waals surface area contributed by atoms with Gasteiger partial charge in [0, 0.05) is 39.0 Å². The van der Waals surface area contributed by atoms with Crippen molar-refractivity contribution in [3.05, 3.63) is 20.4 Å². The van der Waals surface area contributed by atoms with Crippen LogP contribution in [0.15, 0.2) is 9.59 Å². The summed E-state index contributed by atoms with van der Waals surface area (Å²) in [5.41, 5.74) is 0.0983. The van der Waals surface area contributed by atoms with Crippen LogP contribution in [0.25, 0.3) is 0 Å². The molecule has 0 spiro atoms. The molecule has 0 aliphatic heterocycles. The van der Waals surface area contributed by atoms with Crippen molar-refractivity contribution < 1.29 is 23.8 Å². The third-order valence-electron chi connectivity index (χ3n) is 11.9. The molecule has 0 aliphatic carbocycles. The molecule has 0 unspecified atom stereocenters. The molecule has 0 bridgehead atoms. The quantitative estimate of drug-likeness (QED) is 0.0386. The number of ether oxygens (including phenoxy) is 3. The van der Waals surface area contributed by atoms with Crippen molar-refractivity contribution in [2.75, 3.05) is 70.3 Å². The molecular formula is C51H95N3O7. The Labute approximate surface area is 374 Å². The number of hydrogen-bond donors (Lipinski definition) is 1. The van der Waals surface area contributed by atoms with E-state index in [2.05, 4.69) is 35.9 Å². The Bertz CT molecular complexity index is 1230. The summed E-state index contributed by atoms with van der Waals surface area (Å²) in [6.45, 7) is 11.0. The summed E-state index contributed by atoms with van der Waals surface area (Å²) in [6, 6.07) is 0. The number of unbranched alkanes of at least 4 members (excludes halogenated alkanes) is 23. The second kappa shape index (κ2) is 40.3. The highest BCUT2D eigenvalue weighted by molar-refractivity contribution is 5.75. The Balaban J connectivity index is 2.54. The smallest absolute Gasteiger partial charge is 0.306 e. The summed E-state index contributed by atoms with van der Waals surface area (Å²) >= 11 is 0. The van der Waals surface area contributed by atoms with E-state index in [9.17, 15) is 19.2 Å².